The van der Waals surface area contributed by atoms with E-state index in [0.717, 1.165) is 11.6 Å². The number of hydrogen-bond acceptors (Lipinski definition) is 5. The molecule has 0 aliphatic carbocycles. The first kappa shape index (κ1) is 19.5. The second kappa shape index (κ2) is 8.31. The fourth-order valence-electron chi connectivity index (χ4n) is 3.27. The fourth-order valence-corrected chi connectivity index (χ4v) is 3.52. The van der Waals surface area contributed by atoms with Crippen LogP contribution in [0.4, 0.5) is 4.39 Å². The van der Waals surface area contributed by atoms with Crippen molar-refractivity contribution in [2.75, 3.05) is 26.2 Å². The molecule has 0 saturated carbocycles. The van der Waals surface area contributed by atoms with E-state index >= 15 is 0 Å². The van der Waals surface area contributed by atoms with E-state index in [1.165, 1.54) is 17.7 Å². The van der Waals surface area contributed by atoms with Gasteiger partial charge in [0.25, 0.3) is 5.91 Å². The maximum atomic E-state index is 13.2. The lowest BCUT2D eigenvalue weighted by molar-refractivity contribution is 0.0615. The van der Waals surface area contributed by atoms with Crippen molar-refractivity contribution in [2.45, 2.75) is 13.5 Å². The number of halogens is 2. The molecule has 0 N–H and O–H groups in total. The molecular formula is C21H20ClFN4O2. The van der Waals surface area contributed by atoms with Crippen LogP contribution in [-0.2, 0) is 6.54 Å². The van der Waals surface area contributed by atoms with Gasteiger partial charge >= 0.3 is 0 Å². The minimum Gasteiger partial charge on any atom is -0.338 e. The van der Waals surface area contributed by atoms with Gasteiger partial charge in [-0.05, 0) is 25.1 Å². The molecule has 150 valence electrons. The summed E-state index contributed by atoms with van der Waals surface area (Å²) >= 11 is 6.02. The van der Waals surface area contributed by atoms with Crippen LogP contribution in [0, 0.1) is 12.7 Å². The molecule has 1 aliphatic heterocycles. The summed E-state index contributed by atoms with van der Waals surface area (Å²) in [5.41, 5.74) is 2.41. The number of carbonyl (C=O) groups is 1. The standard InChI is InChI=1S/C21H20ClFN4O2/c1-14-2-4-15(5-3-14)20-24-19(29-25-20)13-26-8-10-27(11-9-26)21(28)17-7-6-16(23)12-18(17)22/h2-7,12H,8-11,13H2,1H3. The average Bonchev–Trinajstić information content (AvgIpc) is 3.17. The number of nitrogens with zero attached hydrogens (tertiary/aromatic N) is 4. The van der Waals surface area contributed by atoms with Crippen LogP contribution < -0.4 is 0 Å². The molecule has 3 aromatic rings. The maximum Gasteiger partial charge on any atom is 0.255 e. The van der Waals surface area contributed by atoms with Gasteiger partial charge < -0.3 is 9.42 Å². The highest BCUT2D eigenvalue weighted by atomic mass is 35.5. The summed E-state index contributed by atoms with van der Waals surface area (Å²) in [6, 6.07) is 11.8. The summed E-state index contributed by atoms with van der Waals surface area (Å²) in [5.74, 6) is 0.469. The number of aromatic nitrogens is 2. The highest BCUT2D eigenvalue weighted by molar-refractivity contribution is 6.33. The molecule has 1 amide bonds. The first-order valence-electron chi connectivity index (χ1n) is 9.36. The second-order valence-electron chi connectivity index (χ2n) is 7.07. The van der Waals surface area contributed by atoms with Crippen LogP contribution >= 0.6 is 11.6 Å². The molecule has 29 heavy (non-hydrogen) atoms. The predicted octanol–water partition coefficient (Wildman–Crippen LogP) is 3.80. The van der Waals surface area contributed by atoms with E-state index < -0.39 is 5.82 Å². The van der Waals surface area contributed by atoms with Gasteiger partial charge in [-0.15, -0.1) is 0 Å². The zero-order valence-corrected chi connectivity index (χ0v) is 16.7. The smallest absolute Gasteiger partial charge is 0.255 e. The Bertz CT molecular complexity index is 1010. The highest BCUT2D eigenvalue weighted by Crippen LogP contribution is 2.21. The summed E-state index contributed by atoms with van der Waals surface area (Å²) in [6.45, 7) is 4.99. The number of aryl methyl sites for hydroxylation is 1. The number of carbonyl (C=O) groups excluding carboxylic acids is 1. The summed E-state index contributed by atoms with van der Waals surface area (Å²) in [6.07, 6.45) is 0. The molecule has 2 heterocycles. The zero-order chi connectivity index (χ0) is 20.4. The molecule has 1 aliphatic rings. The zero-order valence-electron chi connectivity index (χ0n) is 15.9. The van der Waals surface area contributed by atoms with Crippen molar-refractivity contribution in [1.29, 1.82) is 0 Å². The van der Waals surface area contributed by atoms with Gasteiger partial charge in [-0.2, -0.15) is 4.98 Å². The number of rotatable bonds is 4. The Balaban J connectivity index is 1.34. The third kappa shape index (κ3) is 4.46. The van der Waals surface area contributed by atoms with Crippen molar-refractivity contribution < 1.29 is 13.7 Å². The number of amides is 1. The van der Waals surface area contributed by atoms with E-state index in [1.807, 2.05) is 31.2 Å². The van der Waals surface area contributed by atoms with E-state index in [4.69, 9.17) is 16.1 Å². The number of benzene rings is 2. The van der Waals surface area contributed by atoms with Gasteiger partial charge in [0, 0.05) is 31.7 Å². The predicted molar refractivity (Wildman–Crippen MR) is 107 cm³/mol. The minimum absolute atomic E-state index is 0.131. The normalized spacial score (nSPS) is 14.9. The Morgan fingerprint density at radius 3 is 2.55 bits per heavy atom. The number of hydrogen-bond donors (Lipinski definition) is 0. The van der Waals surface area contributed by atoms with Gasteiger partial charge in [0.15, 0.2) is 0 Å². The van der Waals surface area contributed by atoms with Crippen LogP contribution in [0.25, 0.3) is 11.4 Å². The van der Waals surface area contributed by atoms with E-state index in [1.54, 1.807) is 4.90 Å². The maximum absolute atomic E-state index is 13.2. The summed E-state index contributed by atoms with van der Waals surface area (Å²) < 4.78 is 18.6. The molecule has 2 aromatic carbocycles. The molecular weight excluding hydrogens is 395 g/mol. The molecule has 4 rings (SSSR count). The molecule has 6 nitrogen and oxygen atoms in total. The Morgan fingerprint density at radius 1 is 1.14 bits per heavy atom. The van der Waals surface area contributed by atoms with Crippen molar-refractivity contribution in [3.8, 4) is 11.4 Å². The second-order valence-corrected chi connectivity index (χ2v) is 7.48. The van der Waals surface area contributed by atoms with Gasteiger partial charge in [0.05, 0.1) is 17.1 Å². The number of piperazine rings is 1. The van der Waals surface area contributed by atoms with Gasteiger partial charge in [-0.1, -0.05) is 46.6 Å². The van der Waals surface area contributed by atoms with Crippen LogP contribution in [0.5, 0.6) is 0 Å². The van der Waals surface area contributed by atoms with Gasteiger partial charge in [0.1, 0.15) is 5.82 Å². The lowest BCUT2D eigenvalue weighted by atomic mass is 10.1. The van der Waals surface area contributed by atoms with Crippen molar-refractivity contribution in [3.05, 3.63) is 70.3 Å². The van der Waals surface area contributed by atoms with E-state index in [2.05, 4.69) is 15.0 Å². The Morgan fingerprint density at radius 2 is 1.86 bits per heavy atom. The molecule has 1 saturated heterocycles. The quantitative estimate of drug-likeness (QED) is 0.649. The van der Waals surface area contributed by atoms with E-state index in [0.29, 0.717) is 50.0 Å². The Labute approximate surface area is 172 Å². The van der Waals surface area contributed by atoms with Crippen molar-refractivity contribution in [3.63, 3.8) is 0 Å². The lowest BCUT2D eigenvalue weighted by Crippen LogP contribution is -2.48. The van der Waals surface area contributed by atoms with Gasteiger partial charge in [-0.25, -0.2) is 4.39 Å². The SMILES string of the molecule is Cc1ccc(-c2noc(CN3CCN(C(=O)c4ccc(F)cc4Cl)CC3)n2)cc1. The fraction of sp³-hybridized carbons (Fsp3) is 0.286. The summed E-state index contributed by atoms with van der Waals surface area (Å²) in [5, 5.41) is 4.19. The molecule has 8 heteroatoms. The third-order valence-electron chi connectivity index (χ3n) is 4.96. The molecule has 1 fully saturated rings. The lowest BCUT2D eigenvalue weighted by Gasteiger charge is -2.34. The minimum atomic E-state index is -0.457. The van der Waals surface area contributed by atoms with Crippen molar-refractivity contribution >= 4 is 17.5 Å². The van der Waals surface area contributed by atoms with Crippen LogP contribution in [0.2, 0.25) is 5.02 Å². The first-order chi connectivity index (χ1) is 14.0. The molecule has 0 unspecified atom stereocenters. The molecule has 0 radical (unpaired) electrons. The molecule has 0 bridgehead atoms. The Kier molecular flexibility index (Phi) is 5.60. The largest absolute Gasteiger partial charge is 0.338 e. The van der Waals surface area contributed by atoms with Crippen molar-refractivity contribution in [1.82, 2.24) is 19.9 Å². The topological polar surface area (TPSA) is 62.5 Å². The van der Waals surface area contributed by atoms with Crippen LogP contribution in [0.3, 0.4) is 0 Å². The highest BCUT2D eigenvalue weighted by Gasteiger charge is 2.25. The first-order valence-corrected chi connectivity index (χ1v) is 9.74. The van der Waals surface area contributed by atoms with Crippen LogP contribution in [0.1, 0.15) is 21.8 Å². The van der Waals surface area contributed by atoms with E-state index in [9.17, 15) is 9.18 Å². The van der Waals surface area contributed by atoms with Crippen molar-refractivity contribution in [2.24, 2.45) is 0 Å². The molecule has 0 spiro atoms. The molecule has 1 aromatic heterocycles. The van der Waals surface area contributed by atoms with Crippen LogP contribution in [0.15, 0.2) is 47.0 Å². The van der Waals surface area contributed by atoms with Gasteiger partial charge in [0.2, 0.25) is 11.7 Å². The summed E-state index contributed by atoms with van der Waals surface area (Å²) in [7, 11) is 0. The van der Waals surface area contributed by atoms with Crippen LogP contribution in [-0.4, -0.2) is 52.0 Å². The monoisotopic (exact) mass is 414 g/mol. The molecule has 0 atom stereocenters. The van der Waals surface area contributed by atoms with E-state index in [-0.39, 0.29) is 10.9 Å². The Hall–Kier alpha value is -2.77. The van der Waals surface area contributed by atoms with Gasteiger partial charge in [-0.3, -0.25) is 9.69 Å². The average molecular weight is 415 g/mol. The summed E-state index contributed by atoms with van der Waals surface area (Å²) in [4.78, 5) is 21.0. The third-order valence-corrected chi connectivity index (χ3v) is 5.27.